The van der Waals surface area contributed by atoms with Crippen molar-refractivity contribution in [1.29, 1.82) is 0 Å². The summed E-state index contributed by atoms with van der Waals surface area (Å²) in [6.45, 7) is 1.65. The van der Waals surface area contributed by atoms with Gasteiger partial charge in [0, 0.05) is 5.92 Å². The largest absolute Gasteiger partial charge is 0.381 e. The van der Waals surface area contributed by atoms with Gasteiger partial charge < -0.3 is 9.53 Å². The molecule has 2 aliphatic rings. The molecule has 1 saturated heterocycles. The number of ether oxygens (including phenoxy) is 1. The van der Waals surface area contributed by atoms with E-state index in [1.807, 2.05) is 0 Å². The highest BCUT2D eigenvalue weighted by molar-refractivity contribution is 5.60. The van der Waals surface area contributed by atoms with Crippen LogP contribution >= 0.6 is 0 Å². The molecule has 0 spiro atoms. The van der Waals surface area contributed by atoms with Gasteiger partial charge in [-0.25, -0.2) is 0 Å². The highest BCUT2D eigenvalue weighted by atomic mass is 16.5. The third-order valence-corrected chi connectivity index (χ3v) is 2.18. The highest BCUT2D eigenvalue weighted by Gasteiger charge is 2.53. The molecular formula is C6H8O2. The Labute approximate surface area is 47.8 Å². The summed E-state index contributed by atoms with van der Waals surface area (Å²) < 4.78 is 5.08. The normalized spacial score (nSPS) is 50.8. The second-order valence-corrected chi connectivity index (χ2v) is 2.58. The van der Waals surface area contributed by atoms with Crippen LogP contribution in [0.1, 0.15) is 0 Å². The Kier molecular flexibility index (Phi) is 0.742. The van der Waals surface area contributed by atoms with Crippen molar-refractivity contribution < 1.29 is 9.53 Å². The lowest BCUT2D eigenvalue weighted by Gasteiger charge is -1.92. The molecule has 1 saturated carbocycles. The zero-order valence-electron chi connectivity index (χ0n) is 4.54. The Morgan fingerprint density at radius 3 is 2.38 bits per heavy atom. The molecule has 0 N–H and O–H groups in total. The number of aldehydes is 1. The Morgan fingerprint density at radius 2 is 2.00 bits per heavy atom. The summed E-state index contributed by atoms with van der Waals surface area (Å²) in [5.74, 6) is 1.57. The molecule has 0 aromatic rings. The van der Waals surface area contributed by atoms with Gasteiger partial charge >= 0.3 is 0 Å². The Hall–Kier alpha value is -0.370. The van der Waals surface area contributed by atoms with Gasteiger partial charge in [0.2, 0.25) is 0 Å². The molecular weight excluding hydrogens is 104 g/mol. The van der Waals surface area contributed by atoms with Gasteiger partial charge in [0.25, 0.3) is 0 Å². The van der Waals surface area contributed by atoms with E-state index in [9.17, 15) is 4.79 Å². The van der Waals surface area contributed by atoms with E-state index in [1.54, 1.807) is 0 Å². The molecule has 44 valence electrons. The van der Waals surface area contributed by atoms with Gasteiger partial charge in [-0.1, -0.05) is 0 Å². The minimum atomic E-state index is 0.365. The quantitative estimate of drug-likeness (QED) is 0.449. The van der Waals surface area contributed by atoms with E-state index in [-0.39, 0.29) is 0 Å². The maximum absolute atomic E-state index is 10.1. The smallest absolute Gasteiger partial charge is 0.123 e. The van der Waals surface area contributed by atoms with Crippen molar-refractivity contribution in [2.75, 3.05) is 13.2 Å². The monoisotopic (exact) mass is 112 g/mol. The van der Waals surface area contributed by atoms with Crippen molar-refractivity contribution in [3.8, 4) is 0 Å². The molecule has 1 aliphatic carbocycles. The molecule has 0 aromatic heterocycles. The summed E-state index contributed by atoms with van der Waals surface area (Å²) in [5.41, 5.74) is 0. The molecule has 2 heteroatoms. The van der Waals surface area contributed by atoms with Gasteiger partial charge in [-0.15, -0.1) is 0 Å². The lowest BCUT2D eigenvalue weighted by atomic mass is 10.3. The van der Waals surface area contributed by atoms with Gasteiger partial charge in [-0.2, -0.15) is 0 Å². The summed E-state index contributed by atoms with van der Waals surface area (Å²) in [6, 6.07) is 0. The fourth-order valence-corrected chi connectivity index (χ4v) is 1.49. The average molecular weight is 112 g/mol. The summed E-state index contributed by atoms with van der Waals surface area (Å²) in [4.78, 5) is 10.1. The highest BCUT2D eigenvalue weighted by Crippen LogP contribution is 2.48. The van der Waals surface area contributed by atoms with E-state index in [0.29, 0.717) is 17.8 Å². The number of fused-ring (bicyclic) bond motifs is 1. The zero-order valence-corrected chi connectivity index (χ0v) is 4.54. The number of hydrogen-bond donors (Lipinski definition) is 0. The Morgan fingerprint density at radius 1 is 1.38 bits per heavy atom. The van der Waals surface area contributed by atoms with Crippen LogP contribution in [0.3, 0.4) is 0 Å². The first-order valence-corrected chi connectivity index (χ1v) is 2.96. The van der Waals surface area contributed by atoms with Crippen molar-refractivity contribution in [3.05, 3.63) is 0 Å². The van der Waals surface area contributed by atoms with Crippen molar-refractivity contribution in [3.63, 3.8) is 0 Å². The zero-order chi connectivity index (χ0) is 5.56. The summed E-state index contributed by atoms with van der Waals surface area (Å²) in [6.07, 6.45) is 1.07. The van der Waals surface area contributed by atoms with Crippen LogP contribution in [-0.4, -0.2) is 19.5 Å². The Bertz CT molecular complexity index is 112. The molecule has 2 rings (SSSR count). The molecule has 2 nitrogen and oxygen atoms in total. The molecule has 3 atom stereocenters. The standard InChI is InChI=1S/C6H8O2/c7-1-4-5-2-8-3-6(4)5/h1,4-6H,2-3H2/t4-,5-,6+. The number of carbonyl (C=O) groups is 1. The molecule has 0 bridgehead atoms. The third-order valence-electron chi connectivity index (χ3n) is 2.18. The molecule has 2 fully saturated rings. The first kappa shape index (κ1) is 4.50. The molecule has 1 heterocycles. The van der Waals surface area contributed by atoms with Crippen LogP contribution in [0.5, 0.6) is 0 Å². The molecule has 0 amide bonds. The van der Waals surface area contributed by atoms with Crippen molar-refractivity contribution >= 4 is 6.29 Å². The minimum Gasteiger partial charge on any atom is -0.381 e. The second kappa shape index (κ2) is 1.32. The van der Waals surface area contributed by atoms with E-state index in [1.165, 1.54) is 0 Å². The third kappa shape index (κ3) is 0.388. The first-order chi connectivity index (χ1) is 3.93. The summed E-state index contributed by atoms with van der Waals surface area (Å²) in [7, 11) is 0. The fourth-order valence-electron chi connectivity index (χ4n) is 1.49. The molecule has 0 radical (unpaired) electrons. The van der Waals surface area contributed by atoms with E-state index in [0.717, 1.165) is 19.5 Å². The van der Waals surface area contributed by atoms with Crippen LogP contribution in [-0.2, 0) is 9.53 Å². The van der Waals surface area contributed by atoms with Crippen LogP contribution in [0.4, 0.5) is 0 Å². The predicted molar refractivity (Wildman–Crippen MR) is 27.4 cm³/mol. The van der Waals surface area contributed by atoms with Crippen molar-refractivity contribution in [2.24, 2.45) is 17.8 Å². The van der Waals surface area contributed by atoms with E-state index >= 15 is 0 Å². The number of hydrogen-bond acceptors (Lipinski definition) is 2. The van der Waals surface area contributed by atoms with E-state index < -0.39 is 0 Å². The summed E-state index contributed by atoms with van der Waals surface area (Å²) in [5, 5.41) is 0. The minimum absolute atomic E-state index is 0.365. The van der Waals surface area contributed by atoms with Crippen LogP contribution in [0.25, 0.3) is 0 Å². The topological polar surface area (TPSA) is 26.3 Å². The van der Waals surface area contributed by atoms with E-state index in [4.69, 9.17) is 4.74 Å². The van der Waals surface area contributed by atoms with Crippen LogP contribution in [0.2, 0.25) is 0 Å². The maximum atomic E-state index is 10.1. The van der Waals surface area contributed by atoms with Crippen molar-refractivity contribution in [1.82, 2.24) is 0 Å². The van der Waals surface area contributed by atoms with E-state index in [2.05, 4.69) is 0 Å². The first-order valence-electron chi connectivity index (χ1n) is 2.96. The number of rotatable bonds is 1. The molecule has 8 heavy (non-hydrogen) atoms. The molecule has 1 aliphatic heterocycles. The van der Waals surface area contributed by atoms with Crippen LogP contribution < -0.4 is 0 Å². The average Bonchev–Trinajstić information content (AvgIpc) is 2.22. The SMILES string of the molecule is O=C[C@@H]1[C@H]2COC[C@@H]12. The predicted octanol–water partition coefficient (Wildman–Crippen LogP) is 0.0777. The van der Waals surface area contributed by atoms with Crippen LogP contribution in [0.15, 0.2) is 0 Å². The van der Waals surface area contributed by atoms with Gasteiger partial charge in [0.05, 0.1) is 13.2 Å². The maximum Gasteiger partial charge on any atom is 0.123 e. The lowest BCUT2D eigenvalue weighted by molar-refractivity contribution is -0.110. The molecule has 0 unspecified atom stereocenters. The van der Waals surface area contributed by atoms with Gasteiger partial charge in [-0.05, 0) is 11.8 Å². The fraction of sp³-hybridized carbons (Fsp3) is 0.833. The lowest BCUT2D eigenvalue weighted by Crippen LogP contribution is -1.97. The summed E-state index contributed by atoms with van der Waals surface area (Å²) >= 11 is 0. The van der Waals surface area contributed by atoms with Crippen molar-refractivity contribution in [2.45, 2.75) is 0 Å². The van der Waals surface area contributed by atoms with Gasteiger partial charge in [0.1, 0.15) is 6.29 Å². The van der Waals surface area contributed by atoms with Gasteiger partial charge in [-0.3, -0.25) is 0 Å². The second-order valence-electron chi connectivity index (χ2n) is 2.58. The molecule has 0 aromatic carbocycles. The Balaban J connectivity index is 2.03. The van der Waals surface area contributed by atoms with Gasteiger partial charge in [0.15, 0.2) is 0 Å². The van der Waals surface area contributed by atoms with Crippen LogP contribution in [0, 0.1) is 17.8 Å². The number of carbonyl (C=O) groups excluding carboxylic acids is 1.